The van der Waals surface area contributed by atoms with Gasteiger partial charge in [-0.15, -0.1) is 23.1 Å². The number of carbonyl (C=O) groups is 1. The largest absolute Gasteiger partial charge is 0.396 e. The first-order valence-corrected chi connectivity index (χ1v) is 8.98. The maximum atomic E-state index is 11.9. The molecule has 1 atom stereocenters. The quantitative estimate of drug-likeness (QED) is 0.830. The average Bonchev–Trinajstić information content (AvgIpc) is 2.83. The maximum Gasteiger partial charge on any atom is 0.263 e. The van der Waals surface area contributed by atoms with E-state index >= 15 is 0 Å². The molecule has 1 aromatic rings. The van der Waals surface area contributed by atoms with Crippen molar-refractivity contribution in [1.29, 1.82) is 0 Å². The van der Waals surface area contributed by atoms with Gasteiger partial charge in [-0.3, -0.25) is 4.79 Å². The topological polar surface area (TPSA) is 67.6 Å². The Labute approximate surface area is 134 Å². The first kappa shape index (κ1) is 16.5. The van der Waals surface area contributed by atoms with E-state index in [-0.39, 0.29) is 11.5 Å². The molecule has 2 rings (SSSR count). The Morgan fingerprint density at radius 3 is 2.86 bits per heavy atom. The molecule has 21 heavy (non-hydrogen) atoms. The number of nitrogens with zero attached hydrogens (tertiary/aromatic N) is 1. The van der Waals surface area contributed by atoms with Crippen molar-refractivity contribution >= 4 is 39.7 Å². The van der Waals surface area contributed by atoms with Crippen LogP contribution in [0.2, 0.25) is 0 Å². The summed E-state index contributed by atoms with van der Waals surface area (Å²) in [6, 6.07) is 0. The summed E-state index contributed by atoms with van der Waals surface area (Å²) in [7, 11) is 3.39. The molecule has 1 unspecified atom stereocenters. The van der Waals surface area contributed by atoms with Gasteiger partial charge in [0.2, 0.25) is 0 Å². The molecule has 5 nitrogen and oxygen atoms in total. The lowest BCUT2D eigenvalue weighted by molar-refractivity contribution is -0.00460. The van der Waals surface area contributed by atoms with Crippen molar-refractivity contribution in [3.8, 4) is 0 Å². The number of thioether (sulfide) groups is 1. The monoisotopic (exact) mass is 329 g/mol. The molecule has 2 heterocycles. The van der Waals surface area contributed by atoms with Gasteiger partial charge in [-0.05, 0) is 26.0 Å². The van der Waals surface area contributed by atoms with Crippen molar-refractivity contribution < 1.29 is 9.53 Å². The zero-order chi connectivity index (χ0) is 15.6. The van der Waals surface area contributed by atoms with E-state index in [2.05, 4.69) is 17.1 Å². The Balaban J connectivity index is 2.37. The van der Waals surface area contributed by atoms with Crippen LogP contribution in [0, 0.1) is 0 Å². The van der Waals surface area contributed by atoms with Gasteiger partial charge < -0.3 is 20.7 Å². The maximum absolute atomic E-state index is 11.9. The Kier molecular flexibility index (Phi) is 5.06. The number of nitrogen functional groups attached to an aromatic ring is 1. The third kappa shape index (κ3) is 3.14. The molecule has 0 radical (unpaired) electrons. The van der Waals surface area contributed by atoms with Crippen LogP contribution in [0.25, 0.3) is 0 Å². The number of rotatable bonds is 4. The van der Waals surface area contributed by atoms with Crippen molar-refractivity contribution in [2.75, 3.05) is 44.1 Å². The van der Waals surface area contributed by atoms with Crippen molar-refractivity contribution in [2.24, 2.45) is 0 Å². The summed E-state index contributed by atoms with van der Waals surface area (Å²) >= 11 is 3.07. The molecule has 1 fully saturated rings. The highest BCUT2D eigenvalue weighted by Gasteiger charge is 2.33. The number of thiophene rings is 1. The molecule has 1 aliphatic rings. The normalized spacial score (nSPS) is 22.4. The standard InChI is InChI=1S/C14H23N3O2S2/c1-14(19-3)6-5-7-17(8-14)13-11(20-4)9(15)10(21-13)12(18)16-2/h5-8,15H2,1-4H3,(H,16,18). The summed E-state index contributed by atoms with van der Waals surface area (Å²) in [5, 5.41) is 3.74. The summed E-state index contributed by atoms with van der Waals surface area (Å²) in [6.07, 6.45) is 4.12. The molecule has 0 aromatic carbocycles. The van der Waals surface area contributed by atoms with E-state index in [1.807, 2.05) is 6.26 Å². The van der Waals surface area contributed by atoms with Gasteiger partial charge >= 0.3 is 0 Å². The molecule has 1 aliphatic heterocycles. The molecule has 0 saturated carbocycles. The number of nitrogens with two attached hydrogens (primary N) is 1. The van der Waals surface area contributed by atoms with Crippen LogP contribution in [0.1, 0.15) is 29.4 Å². The summed E-state index contributed by atoms with van der Waals surface area (Å²) in [5.74, 6) is -0.120. The van der Waals surface area contributed by atoms with Crippen LogP contribution in [-0.4, -0.2) is 45.0 Å². The van der Waals surface area contributed by atoms with Crippen molar-refractivity contribution in [2.45, 2.75) is 30.3 Å². The molecule has 118 valence electrons. The number of amides is 1. The molecule has 3 N–H and O–H groups in total. The zero-order valence-corrected chi connectivity index (χ0v) is 14.6. The number of anilines is 2. The van der Waals surface area contributed by atoms with Crippen LogP contribution in [-0.2, 0) is 4.74 Å². The highest BCUT2D eigenvalue weighted by Crippen LogP contribution is 2.45. The summed E-state index contributed by atoms with van der Waals surface area (Å²) in [4.78, 5) is 15.8. The first-order valence-electron chi connectivity index (χ1n) is 6.94. The molecule has 1 aromatic heterocycles. The van der Waals surface area contributed by atoms with Crippen molar-refractivity contribution in [3.63, 3.8) is 0 Å². The Morgan fingerprint density at radius 1 is 1.57 bits per heavy atom. The minimum absolute atomic E-state index is 0.120. The number of hydrogen-bond donors (Lipinski definition) is 2. The molecule has 0 aliphatic carbocycles. The highest BCUT2D eigenvalue weighted by molar-refractivity contribution is 7.99. The van der Waals surface area contributed by atoms with E-state index in [9.17, 15) is 4.79 Å². The lowest BCUT2D eigenvalue weighted by Gasteiger charge is -2.40. The van der Waals surface area contributed by atoms with Crippen molar-refractivity contribution in [1.82, 2.24) is 5.32 Å². The van der Waals surface area contributed by atoms with Gasteiger partial charge in [0.15, 0.2) is 0 Å². The second-order valence-corrected chi connectivity index (χ2v) is 7.26. The highest BCUT2D eigenvalue weighted by atomic mass is 32.2. The second-order valence-electron chi connectivity index (χ2n) is 5.44. The van der Waals surface area contributed by atoms with E-state index in [0.29, 0.717) is 10.6 Å². The molecular weight excluding hydrogens is 306 g/mol. The lowest BCUT2D eigenvalue weighted by Crippen LogP contribution is -2.47. The summed E-state index contributed by atoms with van der Waals surface area (Å²) < 4.78 is 5.66. The predicted octanol–water partition coefficient (Wildman–Crippen LogP) is 2.42. The molecule has 7 heteroatoms. The number of carbonyl (C=O) groups excluding carboxylic acids is 1. The fourth-order valence-corrected chi connectivity index (χ4v) is 4.80. The van der Waals surface area contributed by atoms with Crippen LogP contribution in [0.3, 0.4) is 0 Å². The summed E-state index contributed by atoms with van der Waals surface area (Å²) in [5.41, 5.74) is 6.62. The van der Waals surface area contributed by atoms with E-state index in [4.69, 9.17) is 10.5 Å². The first-order chi connectivity index (χ1) is 9.95. The minimum Gasteiger partial charge on any atom is -0.396 e. The fourth-order valence-electron chi connectivity index (χ4n) is 2.65. The third-order valence-electron chi connectivity index (χ3n) is 3.96. The predicted molar refractivity (Wildman–Crippen MR) is 90.8 cm³/mol. The van der Waals surface area contributed by atoms with Crippen molar-refractivity contribution in [3.05, 3.63) is 4.88 Å². The molecule has 0 bridgehead atoms. The molecule has 1 saturated heterocycles. The van der Waals surface area contributed by atoms with Crippen LogP contribution >= 0.6 is 23.1 Å². The minimum atomic E-state index is -0.139. The summed E-state index contributed by atoms with van der Waals surface area (Å²) in [6.45, 7) is 3.93. The van der Waals surface area contributed by atoms with Gasteiger partial charge in [0, 0.05) is 27.2 Å². The third-order valence-corrected chi connectivity index (χ3v) is 6.17. The number of piperidine rings is 1. The van der Waals surface area contributed by atoms with Crippen LogP contribution in [0.5, 0.6) is 0 Å². The van der Waals surface area contributed by atoms with Gasteiger partial charge in [-0.1, -0.05) is 0 Å². The van der Waals surface area contributed by atoms with Crippen LogP contribution in [0.4, 0.5) is 10.7 Å². The van der Waals surface area contributed by atoms with E-state index in [0.717, 1.165) is 35.8 Å². The zero-order valence-electron chi connectivity index (χ0n) is 13.0. The Hall–Kier alpha value is -0.920. The number of hydrogen-bond acceptors (Lipinski definition) is 6. The SMILES string of the molecule is CNC(=O)c1sc(N2CCCC(C)(OC)C2)c(SC)c1N. The smallest absolute Gasteiger partial charge is 0.263 e. The van der Waals surface area contributed by atoms with Gasteiger partial charge in [0.25, 0.3) is 5.91 Å². The van der Waals surface area contributed by atoms with E-state index in [1.165, 1.54) is 11.3 Å². The Morgan fingerprint density at radius 2 is 2.29 bits per heavy atom. The number of nitrogens with one attached hydrogen (secondary N) is 1. The lowest BCUT2D eigenvalue weighted by atomic mass is 9.95. The fraction of sp³-hybridized carbons (Fsp3) is 0.643. The molecular formula is C14H23N3O2S2. The number of ether oxygens (including phenoxy) is 1. The molecule has 1 amide bonds. The van der Waals surface area contributed by atoms with Gasteiger partial charge in [-0.25, -0.2) is 0 Å². The Bertz CT molecular complexity index is 533. The van der Waals surface area contributed by atoms with Gasteiger partial charge in [0.05, 0.1) is 16.2 Å². The van der Waals surface area contributed by atoms with E-state index in [1.54, 1.807) is 25.9 Å². The van der Waals surface area contributed by atoms with E-state index < -0.39 is 0 Å². The second kappa shape index (κ2) is 6.46. The number of methoxy groups -OCH3 is 1. The van der Waals surface area contributed by atoms with Crippen LogP contribution in [0.15, 0.2) is 4.90 Å². The van der Waals surface area contributed by atoms with Crippen LogP contribution < -0.4 is 16.0 Å². The molecule has 0 spiro atoms. The van der Waals surface area contributed by atoms with Gasteiger partial charge in [0.1, 0.15) is 9.88 Å². The van der Waals surface area contributed by atoms with Gasteiger partial charge in [-0.2, -0.15) is 0 Å². The average molecular weight is 329 g/mol.